The molecule has 1 aromatic heterocycles. The molecule has 0 unspecified atom stereocenters. The topological polar surface area (TPSA) is 72.9 Å². The number of hydrogen-bond acceptors (Lipinski definition) is 3. The van der Waals surface area contributed by atoms with Crippen molar-refractivity contribution < 1.29 is 4.79 Å². The summed E-state index contributed by atoms with van der Waals surface area (Å²) in [7, 11) is 0. The van der Waals surface area contributed by atoms with Gasteiger partial charge < -0.3 is 11.1 Å². The standard InChI is InChI=1S/C15H19ClN4O/c1-3-10-7-12(4-2)20(19-10)9-15(21)18-11-5-6-13(16)14(17)8-11/h5-8H,3-4,9,17H2,1-2H3,(H,18,21). The van der Waals surface area contributed by atoms with Gasteiger partial charge in [0.25, 0.3) is 0 Å². The van der Waals surface area contributed by atoms with Gasteiger partial charge >= 0.3 is 0 Å². The summed E-state index contributed by atoms with van der Waals surface area (Å²) in [5.41, 5.74) is 8.83. The highest BCUT2D eigenvalue weighted by molar-refractivity contribution is 6.33. The van der Waals surface area contributed by atoms with Gasteiger partial charge in [0.2, 0.25) is 5.91 Å². The van der Waals surface area contributed by atoms with Gasteiger partial charge in [0.05, 0.1) is 16.4 Å². The Morgan fingerprint density at radius 2 is 2.10 bits per heavy atom. The lowest BCUT2D eigenvalue weighted by Crippen LogP contribution is -2.21. The van der Waals surface area contributed by atoms with Crippen LogP contribution in [0.15, 0.2) is 24.3 Å². The van der Waals surface area contributed by atoms with E-state index in [1.165, 1.54) is 0 Å². The van der Waals surface area contributed by atoms with Crippen LogP contribution in [0.3, 0.4) is 0 Å². The average molecular weight is 307 g/mol. The van der Waals surface area contributed by atoms with Crippen LogP contribution in [0.2, 0.25) is 5.02 Å². The molecule has 0 aliphatic carbocycles. The molecular weight excluding hydrogens is 288 g/mol. The lowest BCUT2D eigenvalue weighted by Gasteiger charge is -2.08. The van der Waals surface area contributed by atoms with Crippen molar-refractivity contribution in [2.24, 2.45) is 0 Å². The Hall–Kier alpha value is -2.01. The second kappa shape index (κ2) is 6.63. The van der Waals surface area contributed by atoms with Gasteiger partial charge in [-0.25, -0.2) is 0 Å². The molecule has 1 aromatic carbocycles. The molecule has 0 spiro atoms. The second-order valence-corrected chi connectivity index (χ2v) is 5.18. The van der Waals surface area contributed by atoms with Crippen LogP contribution in [0, 0.1) is 0 Å². The summed E-state index contributed by atoms with van der Waals surface area (Å²) in [6, 6.07) is 7.06. The molecule has 0 radical (unpaired) electrons. The minimum atomic E-state index is -0.142. The first-order valence-electron chi connectivity index (χ1n) is 6.94. The van der Waals surface area contributed by atoms with Crippen molar-refractivity contribution in [3.8, 4) is 0 Å². The van der Waals surface area contributed by atoms with Crippen LogP contribution in [0.1, 0.15) is 25.2 Å². The Labute approximate surface area is 129 Å². The van der Waals surface area contributed by atoms with E-state index in [9.17, 15) is 4.79 Å². The third kappa shape index (κ3) is 3.76. The summed E-state index contributed by atoms with van der Waals surface area (Å²) >= 11 is 5.85. The Morgan fingerprint density at radius 3 is 2.71 bits per heavy atom. The zero-order chi connectivity index (χ0) is 15.4. The highest BCUT2D eigenvalue weighted by Gasteiger charge is 2.10. The lowest BCUT2D eigenvalue weighted by molar-refractivity contribution is -0.116. The summed E-state index contributed by atoms with van der Waals surface area (Å²) < 4.78 is 1.74. The molecule has 112 valence electrons. The molecule has 5 nitrogen and oxygen atoms in total. The Bertz CT molecular complexity index is 651. The first-order valence-corrected chi connectivity index (χ1v) is 7.31. The van der Waals surface area contributed by atoms with E-state index in [1.54, 1.807) is 22.9 Å². The zero-order valence-electron chi connectivity index (χ0n) is 12.2. The van der Waals surface area contributed by atoms with Crippen LogP contribution in [0.25, 0.3) is 0 Å². The van der Waals surface area contributed by atoms with E-state index < -0.39 is 0 Å². The molecule has 0 aliphatic heterocycles. The molecule has 2 aromatic rings. The summed E-state index contributed by atoms with van der Waals surface area (Å²) in [4.78, 5) is 12.1. The molecule has 2 rings (SSSR count). The number of hydrogen-bond donors (Lipinski definition) is 2. The molecule has 6 heteroatoms. The molecule has 1 heterocycles. The van der Waals surface area contributed by atoms with Crippen molar-refractivity contribution in [2.45, 2.75) is 33.2 Å². The first-order chi connectivity index (χ1) is 10.0. The Balaban J connectivity index is 2.07. The summed E-state index contributed by atoms with van der Waals surface area (Å²) in [6.45, 7) is 4.28. The molecule has 0 fully saturated rings. The second-order valence-electron chi connectivity index (χ2n) is 4.78. The number of nitrogens with two attached hydrogens (primary N) is 1. The van der Waals surface area contributed by atoms with Gasteiger partial charge in [-0.1, -0.05) is 25.4 Å². The van der Waals surface area contributed by atoms with Crippen LogP contribution in [0.4, 0.5) is 11.4 Å². The maximum Gasteiger partial charge on any atom is 0.246 e. The fraction of sp³-hybridized carbons (Fsp3) is 0.333. The first kappa shape index (κ1) is 15.4. The smallest absolute Gasteiger partial charge is 0.246 e. The van der Waals surface area contributed by atoms with Gasteiger partial charge in [0.1, 0.15) is 6.54 Å². The van der Waals surface area contributed by atoms with Crippen molar-refractivity contribution >= 4 is 28.9 Å². The number of nitrogens with one attached hydrogen (secondary N) is 1. The van der Waals surface area contributed by atoms with Crippen molar-refractivity contribution in [1.29, 1.82) is 0 Å². The minimum Gasteiger partial charge on any atom is -0.397 e. The molecule has 1 amide bonds. The number of anilines is 2. The van der Waals surface area contributed by atoms with Gasteiger partial charge in [0, 0.05) is 11.4 Å². The Morgan fingerprint density at radius 1 is 1.33 bits per heavy atom. The van der Waals surface area contributed by atoms with Crippen LogP contribution in [-0.4, -0.2) is 15.7 Å². The van der Waals surface area contributed by atoms with E-state index in [4.69, 9.17) is 17.3 Å². The van der Waals surface area contributed by atoms with E-state index >= 15 is 0 Å². The fourth-order valence-corrected chi connectivity index (χ4v) is 2.18. The summed E-state index contributed by atoms with van der Waals surface area (Å²) in [6.07, 6.45) is 1.70. The Kier molecular flexibility index (Phi) is 4.85. The number of aromatic nitrogens is 2. The predicted molar refractivity (Wildman–Crippen MR) is 85.5 cm³/mol. The highest BCUT2D eigenvalue weighted by atomic mass is 35.5. The van der Waals surface area contributed by atoms with Gasteiger partial charge in [-0.3, -0.25) is 9.48 Å². The monoisotopic (exact) mass is 306 g/mol. The lowest BCUT2D eigenvalue weighted by atomic mass is 10.2. The van der Waals surface area contributed by atoms with Crippen LogP contribution < -0.4 is 11.1 Å². The van der Waals surface area contributed by atoms with Crippen molar-refractivity contribution in [2.75, 3.05) is 11.1 Å². The number of nitrogens with zero attached hydrogens (tertiary/aromatic N) is 2. The molecule has 0 saturated carbocycles. The van der Waals surface area contributed by atoms with Crippen molar-refractivity contribution in [3.63, 3.8) is 0 Å². The van der Waals surface area contributed by atoms with Gasteiger partial charge in [-0.15, -0.1) is 0 Å². The number of carbonyl (C=O) groups is 1. The fourth-order valence-electron chi connectivity index (χ4n) is 2.07. The number of aryl methyl sites for hydroxylation is 2. The highest BCUT2D eigenvalue weighted by Crippen LogP contribution is 2.22. The average Bonchev–Trinajstić information content (AvgIpc) is 2.85. The number of benzene rings is 1. The van der Waals surface area contributed by atoms with Gasteiger partial charge in [0.15, 0.2) is 0 Å². The van der Waals surface area contributed by atoms with E-state index in [-0.39, 0.29) is 12.5 Å². The van der Waals surface area contributed by atoms with E-state index in [2.05, 4.69) is 10.4 Å². The number of halogens is 1. The predicted octanol–water partition coefficient (Wildman–Crippen LogP) is 2.88. The summed E-state index contributed by atoms with van der Waals surface area (Å²) in [5, 5.41) is 7.69. The van der Waals surface area contributed by atoms with Crippen LogP contribution >= 0.6 is 11.6 Å². The number of carbonyl (C=O) groups excluding carboxylic acids is 1. The molecule has 0 saturated heterocycles. The van der Waals surface area contributed by atoms with E-state index in [1.807, 2.05) is 19.9 Å². The molecule has 0 atom stereocenters. The van der Waals surface area contributed by atoms with Crippen LogP contribution in [-0.2, 0) is 24.2 Å². The third-order valence-electron chi connectivity index (χ3n) is 3.21. The number of rotatable bonds is 5. The van der Waals surface area contributed by atoms with Gasteiger partial charge in [-0.2, -0.15) is 5.10 Å². The molecule has 21 heavy (non-hydrogen) atoms. The normalized spacial score (nSPS) is 10.6. The molecule has 0 aliphatic rings. The quantitative estimate of drug-likeness (QED) is 0.834. The summed E-state index contributed by atoms with van der Waals surface area (Å²) in [5.74, 6) is -0.142. The van der Waals surface area contributed by atoms with E-state index in [0.29, 0.717) is 16.4 Å². The number of amides is 1. The maximum atomic E-state index is 12.1. The number of nitrogen functional groups attached to an aromatic ring is 1. The van der Waals surface area contributed by atoms with Crippen molar-refractivity contribution in [1.82, 2.24) is 9.78 Å². The van der Waals surface area contributed by atoms with E-state index in [0.717, 1.165) is 24.2 Å². The van der Waals surface area contributed by atoms with Crippen molar-refractivity contribution in [3.05, 3.63) is 40.7 Å². The maximum absolute atomic E-state index is 12.1. The minimum absolute atomic E-state index is 0.142. The van der Waals surface area contributed by atoms with Gasteiger partial charge in [-0.05, 0) is 37.1 Å². The largest absolute Gasteiger partial charge is 0.397 e. The third-order valence-corrected chi connectivity index (χ3v) is 3.56. The van der Waals surface area contributed by atoms with Crippen LogP contribution in [0.5, 0.6) is 0 Å². The SMILES string of the molecule is CCc1cc(CC)n(CC(=O)Nc2ccc(Cl)c(N)c2)n1. The zero-order valence-corrected chi connectivity index (χ0v) is 12.9. The molecular formula is C15H19ClN4O. The molecule has 3 N–H and O–H groups in total. The molecule has 0 bridgehead atoms.